The summed E-state index contributed by atoms with van der Waals surface area (Å²) in [5.41, 5.74) is 4.02. The molecule has 39 heavy (non-hydrogen) atoms. The fourth-order valence-electron chi connectivity index (χ4n) is 5.77. The van der Waals surface area contributed by atoms with Crippen molar-refractivity contribution >= 4 is 34.4 Å². The van der Waals surface area contributed by atoms with E-state index in [0.29, 0.717) is 30.8 Å². The average Bonchev–Trinajstić information content (AvgIpc) is 3.52. The molecule has 1 aromatic heterocycles. The summed E-state index contributed by atoms with van der Waals surface area (Å²) >= 11 is 0. The number of aromatic nitrogens is 1. The van der Waals surface area contributed by atoms with Gasteiger partial charge in [0.1, 0.15) is 18.8 Å². The van der Waals surface area contributed by atoms with Crippen LogP contribution in [-0.2, 0) is 11.3 Å². The van der Waals surface area contributed by atoms with E-state index in [4.69, 9.17) is 9.47 Å². The van der Waals surface area contributed by atoms with Gasteiger partial charge in [-0.25, -0.2) is 9.48 Å². The van der Waals surface area contributed by atoms with Gasteiger partial charge in [0.2, 0.25) is 23.7 Å². The molecule has 2 unspecified atom stereocenters. The topological polar surface area (TPSA) is 74.6 Å². The van der Waals surface area contributed by atoms with E-state index in [9.17, 15) is 9.59 Å². The fourth-order valence-corrected chi connectivity index (χ4v) is 5.77. The lowest BCUT2D eigenvalue weighted by Crippen LogP contribution is -2.53. The molecule has 1 aliphatic heterocycles. The molecule has 0 saturated heterocycles. The lowest BCUT2D eigenvalue weighted by atomic mass is 9.82. The Kier molecular flexibility index (Phi) is 6.59. The normalized spacial score (nSPS) is 18.8. The van der Waals surface area contributed by atoms with E-state index >= 15 is 0 Å². The summed E-state index contributed by atoms with van der Waals surface area (Å²) in [6.07, 6.45) is 6.04. The van der Waals surface area contributed by atoms with Crippen LogP contribution in [-0.4, -0.2) is 71.3 Å². The zero-order valence-corrected chi connectivity index (χ0v) is 22.0. The van der Waals surface area contributed by atoms with Gasteiger partial charge in [0.25, 0.3) is 5.84 Å². The molecule has 1 N–H and O–H groups in total. The van der Waals surface area contributed by atoms with Gasteiger partial charge in [0.05, 0.1) is 13.7 Å². The average molecular weight is 521 g/mol. The molecule has 7 heteroatoms. The van der Waals surface area contributed by atoms with E-state index in [1.54, 1.807) is 26.4 Å². The molecule has 0 fully saturated rings. The first kappa shape index (κ1) is 24.8. The number of benzene rings is 3. The number of ketones is 2. The van der Waals surface area contributed by atoms with Crippen LogP contribution in [0.1, 0.15) is 31.8 Å². The lowest BCUT2D eigenvalue weighted by molar-refractivity contribution is -0.557. The summed E-state index contributed by atoms with van der Waals surface area (Å²) in [5, 5.41) is 1.10. The number of methoxy groups -OCH3 is 2. The molecule has 0 radical (unpaired) electrons. The minimum absolute atomic E-state index is 0.0440. The largest absolute Gasteiger partial charge is 0.497 e. The van der Waals surface area contributed by atoms with Gasteiger partial charge in [-0.1, -0.05) is 54.6 Å². The van der Waals surface area contributed by atoms with Crippen LogP contribution in [0.15, 0.2) is 85.1 Å². The minimum atomic E-state index is -0.655. The van der Waals surface area contributed by atoms with Crippen LogP contribution in [0, 0.1) is 0 Å². The molecular formula is C32H30N3O4+. The smallest absolute Gasteiger partial charge is 0.273 e. The van der Waals surface area contributed by atoms with Crippen LogP contribution < -0.4 is 4.74 Å². The SMILES string of the molecule is COCCN1C(/C=C/c2c[nH]c3ccccc23)=[N+](Cc2cccc(OC)c2)C2C(=O)c3ccccc3C(=O)C21. The molecule has 196 valence electrons. The van der Waals surface area contributed by atoms with E-state index in [2.05, 4.69) is 15.6 Å². The summed E-state index contributed by atoms with van der Waals surface area (Å²) in [4.78, 5) is 33.3. The number of Topliss-reactive ketones (excluding diaryl/α,β-unsaturated/α-hetero) is 2. The molecule has 3 aromatic carbocycles. The fraction of sp³-hybridized carbons (Fsp3) is 0.219. The number of carbonyl (C=O) groups excluding carboxylic acids is 2. The molecular weight excluding hydrogens is 490 g/mol. The van der Waals surface area contributed by atoms with Gasteiger partial charge >= 0.3 is 0 Å². The van der Waals surface area contributed by atoms with Crippen molar-refractivity contribution in [1.29, 1.82) is 0 Å². The second-order valence-electron chi connectivity index (χ2n) is 9.81. The third-order valence-corrected chi connectivity index (χ3v) is 7.61. The van der Waals surface area contributed by atoms with Gasteiger partial charge in [-0.15, -0.1) is 0 Å². The maximum absolute atomic E-state index is 14.0. The number of nitrogens with zero attached hydrogens (tertiary/aromatic N) is 2. The minimum Gasteiger partial charge on any atom is -0.497 e. The highest BCUT2D eigenvalue weighted by Crippen LogP contribution is 2.33. The summed E-state index contributed by atoms with van der Waals surface area (Å²) in [6.45, 7) is 1.33. The molecule has 0 saturated carbocycles. The first-order valence-corrected chi connectivity index (χ1v) is 13.0. The maximum atomic E-state index is 14.0. The van der Waals surface area contributed by atoms with Crippen LogP contribution in [0.5, 0.6) is 5.75 Å². The van der Waals surface area contributed by atoms with Crippen LogP contribution in [0.25, 0.3) is 17.0 Å². The van der Waals surface area contributed by atoms with E-state index in [1.165, 1.54) is 0 Å². The highest BCUT2D eigenvalue weighted by atomic mass is 16.5. The van der Waals surface area contributed by atoms with Crippen molar-refractivity contribution in [3.8, 4) is 5.75 Å². The Morgan fingerprint density at radius 1 is 0.923 bits per heavy atom. The zero-order chi connectivity index (χ0) is 26.9. The molecule has 0 bridgehead atoms. The summed E-state index contributed by atoms with van der Waals surface area (Å²) in [7, 11) is 3.28. The Morgan fingerprint density at radius 3 is 2.49 bits per heavy atom. The van der Waals surface area contributed by atoms with E-state index in [-0.39, 0.29) is 11.6 Å². The van der Waals surface area contributed by atoms with Crippen LogP contribution >= 0.6 is 0 Å². The summed E-state index contributed by atoms with van der Waals surface area (Å²) in [5.74, 6) is 1.46. The molecule has 6 rings (SSSR count). The summed E-state index contributed by atoms with van der Waals surface area (Å²) < 4.78 is 13.0. The molecule has 2 atom stereocenters. The molecule has 0 amide bonds. The number of hydrogen-bond donors (Lipinski definition) is 1. The molecule has 0 spiro atoms. The molecule has 4 aromatic rings. The number of fused-ring (bicyclic) bond motifs is 3. The second kappa shape index (κ2) is 10.3. The van der Waals surface area contributed by atoms with Gasteiger partial charge < -0.3 is 14.5 Å². The Labute approximate surface area is 227 Å². The monoisotopic (exact) mass is 520 g/mol. The van der Waals surface area contributed by atoms with Crippen molar-refractivity contribution < 1.29 is 23.6 Å². The van der Waals surface area contributed by atoms with Crippen LogP contribution in [0.2, 0.25) is 0 Å². The highest BCUT2D eigenvalue weighted by Gasteiger charge is 2.57. The Hall–Kier alpha value is -4.49. The Balaban J connectivity index is 1.51. The number of nitrogens with one attached hydrogen (secondary N) is 1. The molecule has 7 nitrogen and oxygen atoms in total. The Morgan fingerprint density at radius 2 is 1.69 bits per heavy atom. The van der Waals surface area contributed by atoms with Gasteiger partial charge in [0.15, 0.2) is 0 Å². The van der Waals surface area contributed by atoms with E-state index < -0.39 is 12.1 Å². The molecule has 2 aliphatic rings. The van der Waals surface area contributed by atoms with Gasteiger partial charge in [0, 0.05) is 47.0 Å². The first-order chi connectivity index (χ1) is 19.1. The van der Waals surface area contributed by atoms with Crippen molar-refractivity contribution in [3.63, 3.8) is 0 Å². The highest BCUT2D eigenvalue weighted by molar-refractivity contribution is 6.20. The summed E-state index contributed by atoms with van der Waals surface area (Å²) in [6, 6.07) is 21.8. The first-order valence-electron chi connectivity index (χ1n) is 13.0. The van der Waals surface area contributed by atoms with E-state index in [0.717, 1.165) is 33.6 Å². The number of hydrogen-bond acceptors (Lipinski definition) is 5. The molecule has 1 aliphatic carbocycles. The van der Waals surface area contributed by atoms with Crippen LogP contribution in [0.3, 0.4) is 0 Å². The lowest BCUT2D eigenvalue weighted by Gasteiger charge is -2.27. The quantitative estimate of drug-likeness (QED) is 0.344. The van der Waals surface area contributed by atoms with Gasteiger partial charge in [-0.05, 0) is 29.8 Å². The van der Waals surface area contributed by atoms with Crippen molar-refractivity contribution in [3.05, 3.63) is 107 Å². The third kappa shape index (κ3) is 4.34. The van der Waals surface area contributed by atoms with Crippen molar-refractivity contribution in [2.75, 3.05) is 27.4 Å². The van der Waals surface area contributed by atoms with Crippen molar-refractivity contribution in [1.82, 2.24) is 9.88 Å². The number of para-hydroxylation sites is 1. The maximum Gasteiger partial charge on any atom is 0.273 e. The van der Waals surface area contributed by atoms with Crippen molar-refractivity contribution in [2.24, 2.45) is 0 Å². The predicted molar refractivity (Wildman–Crippen MR) is 151 cm³/mol. The molecule has 2 heterocycles. The van der Waals surface area contributed by atoms with E-state index in [1.807, 2.05) is 77.8 Å². The van der Waals surface area contributed by atoms with Crippen molar-refractivity contribution in [2.45, 2.75) is 18.6 Å². The van der Waals surface area contributed by atoms with Gasteiger partial charge in [-0.3, -0.25) is 9.59 Å². The zero-order valence-electron chi connectivity index (χ0n) is 22.0. The van der Waals surface area contributed by atoms with Gasteiger partial charge in [-0.2, -0.15) is 0 Å². The number of amidine groups is 1. The number of H-pyrrole nitrogens is 1. The third-order valence-electron chi connectivity index (χ3n) is 7.61. The number of aromatic amines is 1. The predicted octanol–water partition coefficient (Wildman–Crippen LogP) is 4.58. The van der Waals surface area contributed by atoms with Crippen LogP contribution in [0.4, 0.5) is 0 Å². The number of carbonyl (C=O) groups is 2. The number of rotatable bonds is 8. The Bertz CT molecular complexity index is 1630. The standard InChI is InChI=1S/C32H29N3O4/c1-38-17-16-34-28(15-14-22-19-33-27-13-6-5-10-24(22)27)35(20-21-8-7-9-23(18-21)39-2)30-29(34)31(36)25-11-3-4-12-26(25)32(30)37/h3-15,18-19,29-30H,16-17,20H2,1-2H3/p+1. The number of ether oxygens (including phenoxy) is 2. The second-order valence-corrected chi connectivity index (χ2v) is 9.81.